The number of carbonyl (C=O) groups is 2. The summed E-state index contributed by atoms with van der Waals surface area (Å²) < 4.78 is 0. The molecule has 1 aromatic heterocycles. The highest BCUT2D eigenvalue weighted by atomic mass is 16.4. The number of amides is 1. The van der Waals surface area contributed by atoms with E-state index < -0.39 is 11.4 Å². The van der Waals surface area contributed by atoms with Crippen molar-refractivity contribution < 1.29 is 14.7 Å². The molecule has 1 fully saturated rings. The first-order chi connectivity index (χ1) is 8.54. The van der Waals surface area contributed by atoms with Gasteiger partial charge >= 0.3 is 5.97 Å². The van der Waals surface area contributed by atoms with Crippen molar-refractivity contribution >= 4 is 11.9 Å². The van der Waals surface area contributed by atoms with Gasteiger partial charge in [0.1, 0.15) is 5.69 Å². The monoisotopic (exact) mass is 251 g/mol. The third-order valence-corrected chi connectivity index (χ3v) is 3.74. The number of rotatable bonds is 3. The summed E-state index contributed by atoms with van der Waals surface area (Å²) in [5, 5.41) is 12.1. The van der Waals surface area contributed by atoms with Gasteiger partial charge in [-0.15, -0.1) is 0 Å². The number of nitrogens with one attached hydrogen (secondary N) is 2. The summed E-state index contributed by atoms with van der Waals surface area (Å²) in [6.45, 7) is 1.70. The molecule has 0 bridgehead atoms. The molecular formula is C12H17N3O3. The van der Waals surface area contributed by atoms with Crippen LogP contribution in [0.5, 0.6) is 0 Å². The third-order valence-electron chi connectivity index (χ3n) is 3.74. The van der Waals surface area contributed by atoms with Crippen LogP contribution in [0, 0.1) is 5.41 Å². The molecule has 1 aromatic rings. The molecule has 1 heterocycles. The van der Waals surface area contributed by atoms with Crippen LogP contribution in [0.3, 0.4) is 0 Å². The van der Waals surface area contributed by atoms with Crippen LogP contribution in [0.4, 0.5) is 0 Å². The van der Waals surface area contributed by atoms with Crippen molar-refractivity contribution in [2.75, 3.05) is 0 Å². The molecule has 98 valence electrons. The lowest BCUT2D eigenvalue weighted by molar-refractivity contribution is -0.151. The number of nitrogens with zero attached hydrogens (tertiary/aromatic N) is 1. The van der Waals surface area contributed by atoms with E-state index in [0.29, 0.717) is 18.5 Å². The highest BCUT2D eigenvalue weighted by Crippen LogP contribution is 2.36. The van der Waals surface area contributed by atoms with Crippen LogP contribution in [0.2, 0.25) is 0 Å². The number of carbonyl (C=O) groups excluding carboxylic acids is 1. The van der Waals surface area contributed by atoms with Crippen molar-refractivity contribution in [2.45, 2.75) is 38.6 Å². The quantitative estimate of drug-likeness (QED) is 0.751. The van der Waals surface area contributed by atoms with E-state index in [1.165, 1.54) is 12.5 Å². The number of aromatic nitrogens is 2. The minimum absolute atomic E-state index is 0.299. The summed E-state index contributed by atoms with van der Waals surface area (Å²) in [5.41, 5.74) is -0.526. The van der Waals surface area contributed by atoms with Gasteiger partial charge in [-0.3, -0.25) is 9.59 Å². The molecular weight excluding hydrogens is 234 g/mol. The van der Waals surface area contributed by atoms with Crippen molar-refractivity contribution in [3.05, 3.63) is 18.2 Å². The molecule has 2 atom stereocenters. The number of H-pyrrole nitrogens is 1. The van der Waals surface area contributed by atoms with Gasteiger partial charge in [0.2, 0.25) is 0 Å². The van der Waals surface area contributed by atoms with Crippen LogP contribution in [0.1, 0.15) is 43.1 Å². The molecule has 18 heavy (non-hydrogen) atoms. The fourth-order valence-corrected chi connectivity index (χ4v) is 2.44. The highest BCUT2D eigenvalue weighted by Gasteiger charge is 2.43. The van der Waals surface area contributed by atoms with Crippen molar-refractivity contribution in [1.82, 2.24) is 15.3 Å². The van der Waals surface area contributed by atoms with Crippen LogP contribution in [0.25, 0.3) is 0 Å². The molecule has 2 rings (SSSR count). The first-order valence-corrected chi connectivity index (χ1v) is 6.06. The molecule has 0 radical (unpaired) electrons. The zero-order valence-electron chi connectivity index (χ0n) is 10.3. The van der Waals surface area contributed by atoms with Gasteiger partial charge < -0.3 is 15.4 Å². The van der Waals surface area contributed by atoms with Gasteiger partial charge in [0.05, 0.1) is 17.9 Å². The summed E-state index contributed by atoms with van der Waals surface area (Å²) in [5.74, 6) is -1.15. The standard InChI is InChI=1S/C12H17N3O3/c1-12(11(17)18)5-3-2-4-9(12)15-10(16)8-6-13-7-14-8/h6-7,9H,2-5H2,1H3,(H,13,14)(H,15,16)(H,17,18). The van der Waals surface area contributed by atoms with Crippen LogP contribution in [0.15, 0.2) is 12.5 Å². The maximum absolute atomic E-state index is 11.9. The molecule has 1 aliphatic carbocycles. The summed E-state index contributed by atoms with van der Waals surface area (Å²) >= 11 is 0. The highest BCUT2D eigenvalue weighted by molar-refractivity contribution is 5.92. The minimum Gasteiger partial charge on any atom is -0.481 e. The molecule has 3 N–H and O–H groups in total. The first-order valence-electron chi connectivity index (χ1n) is 6.06. The Labute approximate surface area is 105 Å². The second-order valence-corrected chi connectivity index (χ2v) is 4.96. The number of carboxylic acids is 1. The maximum atomic E-state index is 11.9. The van der Waals surface area contributed by atoms with Crippen molar-refractivity contribution in [3.63, 3.8) is 0 Å². The Kier molecular flexibility index (Phi) is 3.36. The molecule has 1 amide bonds. The second-order valence-electron chi connectivity index (χ2n) is 4.96. The molecule has 6 heteroatoms. The van der Waals surface area contributed by atoms with E-state index in [2.05, 4.69) is 15.3 Å². The Balaban J connectivity index is 2.11. The van der Waals surface area contributed by atoms with Crippen LogP contribution in [-0.2, 0) is 4.79 Å². The van der Waals surface area contributed by atoms with E-state index >= 15 is 0 Å². The third kappa shape index (κ3) is 2.23. The summed E-state index contributed by atoms with van der Waals surface area (Å²) in [6, 6.07) is -0.334. The van der Waals surface area contributed by atoms with Gasteiger partial charge in [0, 0.05) is 6.04 Å². The SMILES string of the molecule is CC1(C(=O)O)CCCCC1NC(=O)c1cnc[nH]1. The fraction of sp³-hybridized carbons (Fsp3) is 0.583. The first kappa shape index (κ1) is 12.6. The number of imidazole rings is 1. The topological polar surface area (TPSA) is 95.1 Å². The molecule has 2 unspecified atom stereocenters. The Hall–Kier alpha value is -1.85. The lowest BCUT2D eigenvalue weighted by Gasteiger charge is -2.38. The lowest BCUT2D eigenvalue weighted by Crippen LogP contribution is -2.52. The summed E-state index contributed by atoms with van der Waals surface area (Å²) in [6.07, 6.45) is 5.97. The van der Waals surface area contributed by atoms with E-state index in [9.17, 15) is 14.7 Å². The smallest absolute Gasteiger partial charge is 0.311 e. The Morgan fingerprint density at radius 3 is 2.94 bits per heavy atom. The average molecular weight is 251 g/mol. The number of hydrogen-bond donors (Lipinski definition) is 3. The molecule has 0 saturated heterocycles. The van der Waals surface area contributed by atoms with Crippen LogP contribution < -0.4 is 5.32 Å². The molecule has 0 spiro atoms. The summed E-state index contributed by atoms with van der Waals surface area (Å²) in [7, 11) is 0. The van der Waals surface area contributed by atoms with Gasteiger partial charge in [-0.2, -0.15) is 0 Å². The van der Waals surface area contributed by atoms with E-state index in [1.54, 1.807) is 6.92 Å². The maximum Gasteiger partial charge on any atom is 0.311 e. The summed E-state index contributed by atoms with van der Waals surface area (Å²) in [4.78, 5) is 29.8. The minimum atomic E-state index is -0.881. The lowest BCUT2D eigenvalue weighted by atomic mass is 9.71. The largest absolute Gasteiger partial charge is 0.481 e. The molecule has 0 aromatic carbocycles. The van der Waals surface area contributed by atoms with Crippen LogP contribution >= 0.6 is 0 Å². The molecule has 6 nitrogen and oxygen atoms in total. The number of hydrogen-bond acceptors (Lipinski definition) is 3. The van der Waals surface area contributed by atoms with E-state index in [4.69, 9.17) is 0 Å². The fourth-order valence-electron chi connectivity index (χ4n) is 2.44. The van der Waals surface area contributed by atoms with Crippen LogP contribution in [-0.4, -0.2) is 33.0 Å². The van der Waals surface area contributed by atoms with E-state index in [0.717, 1.165) is 12.8 Å². The van der Waals surface area contributed by atoms with Crippen molar-refractivity contribution in [1.29, 1.82) is 0 Å². The zero-order valence-corrected chi connectivity index (χ0v) is 10.3. The van der Waals surface area contributed by atoms with E-state index in [1.807, 2.05) is 0 Å². The Bertz CT molecular complexity index is 443. The average Bonchev–Trinajstić information content (AvgIpc) is 2.85. The number of aliphatic carboxylic acids is 1. The van der Waals surface area contributed by atoms with E-state index in [-0.39, 0.29) is 11.9 Å². The Morgan fingerprint density at radius 1 is 1.56 bits per heavy atom. The van der Waals surface area contributed by atoms with Gasteiger partial charge in [-0.25, -0.2) is 4.98 Å². The second kappa shape index (κ2) is 4.80. The molecule has 1 aliphatic rings. The van der Waals surface area contributed by atoms with Crippen molar-refractivity contribution in [3.8, 4) is 0 Å². The molecule has 1 saturated carbocycles. The van der Waals surface area contributed by atoms with Gasteiger partial charge in [-0.05, 0) is 19.8 Å². The van der Waals surface area contributed by atoms with Crippen molar-refractivity contribution in [2.24, 2.45) is 5.41 Å². The predicted molar refractivity (Wildman–Crippen MR) is 64.1 cm³/mol. The van der Waals surface area contributed by atoms with Gasteiger partial charge in [0.25, 0.3) is 5.91 Å². The normalized spacial score (nSPS) is 27.7. The van der Waals surface area contributed by atoms with Gasteiger partial charge in [0.15, 0.2) is 0 Å². The Morgan fingerprint density at radius 2 is 2.33 bits per heavy atom. The number of aromatic amines is 1. The van der Waals surface area contributed by atoms with Gasteiger partial charge in [-0.1, -0.05) is 12.8 Å². The number of carboxylic acid groups (broad SMARTS) is 1. The zero-order chi connectivity index (χ0) is 13.2. The predicted octanol–water partition coefficient (Wildman–Crippen LogP) is 1.17. The molecule has 0 aliphatic heterocycles.